The van der Waals surface area contributed by atoms with Gasteiger partial charge < -0.3 is 9.80 Å². The number of hydrogen-bond donors (Lipinski definition) is 0. The Morgan fingerprint density at radius 1 is 1.09 bits per heavy atom. The Bertz CT molecular complexity index is 1130. The lowest BCUT2D eigenvalue weighted by Crippen LogP contribution is -2.35. The summed E-state index contributed by atoms with van der Waals surface area (Å²) in [6, 6.07) is 12.3. The van der Waals surface area contributed by atoms with E-state index in [1.807, 2.05) is 24.1 Å². The van der Waals surface area contributed by atoms with E-state index in [0.29, 0.717) is 5.69 Å². The number of fused-ring (bicyclic) bond motifs is 1. The molecule has 0 bridgehead atoms. The monoisotopic (exact) mass is 444 g/mol. The van der Waals surface area contributed by atoms with E-state index in [-0.39, 0.29) is 11.9 Å². The first-order chi connectivity index (χ1) is 16.1. The molecule has 5 rings (SSSR count). The number of rotatable bonds is 6. The van der Waals surface area contributed by atoms with Gasteiger partial charge in [-0.05, 0) is 57.6 Å². The molecule has 1 fully saturated rings. The molecular formula is C26H32N6O. The van der Waals surface area contributed by atoms with Crippen LogP contribution in [0.2, 0.25) is 0 Å². The predicted octanol–water partition coefficient (Wildman–Crippen LogP) is 3.97. The van der Waals surface area contributed by atoms with E-state index in [2.05, 4.69) is 47.3 Å². The Kier molecular flexibility index (Phi) is 6.11. The highest BCUT2D eigenvalue weighted by atomic mass is 16.2. The van der Waals surface area contributed by atoms with Crippen molar-refractivity contribution >= 4 is 11.7 Å². The highest BCUT2D eigenvalue weighted by Gasteiger charge is 2.35. The zero-order chi connectivity index (χ0) is 22.8. The van der Waals surface area contributed by atoms with Crippen LogP contribution >= 0.6 is 0 Å². The molecule has 2 aromatic heterocycles. The average molecular weight is 445 g/mol. The molecule has 1 amide bonds. The van der Waals surface area contributed by atoms with Crippen molar-refractivity contribution in [2.45, 2.75) is 58.5 Å². The summed E-state index contributed by atoms with van der Waals surface area (Å²) in [6.07, 6.45) is 6.85. The molecule has 0 unspecified atom stereocenters. The summed E-state index contributed by atoms with van der Waals surface area (Å²) in [5, 5.41) is 4.43. The van der Waals surface area contributed by atoms with Crippen molar-refractivity contribution in [3.63, 3.8) is 0 Å². The summed E-state index contributed by atoms with van der Waals surface area (Å²) < 4.78 is 1.79. The maximum Gasteiger partial charge on any atom is 0.274 e. The van der Waals surface area contributed by atoms with Gasteiger partial charge in [-0.2, -0.15) is 5.10 Å². The molecule has 0 spiro atoms. The molecule has 4 heterocycles. The van der Waals surface area contributed by atoms with Crippen molar-refractivity contribution in [3.05, 3.63) is 70.9 Å². The highest BCUT2D eigenvalue weighted by Crippen LogP contribution is 2.35. The molecule has 1 aromatic carbocycles. The summed E-state index contributed by atoms with van der Waals surface area (Å²) >= 11 is 0. The van der Waals surface area contributed by atoms with E-state index in [1.165, 1.54) is 11.1 Å². The molecule has 33 heavy (non-hydrogen) atoms. The van der Waals surface area contributed by atoms with E-state index in [9.17, 15) is 4.79 Å². The molecule has 3 aromatic rings. The number of carbonyl (C=O) groups is 1. The molecular weight excluding hydrogens is 412 g/mol. The number of anilines is 1. The fourth-order valence-electron chi connectivity index (χ4n) is 5.06. The van der Waals surface area contributed by atoms with Crippen molar-refractivity contribution in [1.29, 1.82) is 0 Å². The summed E-state index contributed by atoms with van der Waals surface area (Å²) in [4.78, 5) is 27.6. The third-order valence-corrected chi connectivity index (χ3v) is 6.87. The van der Waals surface area contributed by atoms with E-state index in [0.717, 1.165) is 75.6 Å². The van der Waals surface area contributed by atoms with E-state index in [4.69, 9.17) is 9.97 Å². The largest absolute Gasteiger partial charge is 0.356 e. The molecule has 0 aliphatic carbocycles. The standard InChI is InChI=1S/C26H32N6O/c1-3-31-18-14-22(29-31)26(33)32-16-8-12-23(32)24-27-19(2)21-11-7-15-30(25(21)28-24)17-13-20-9-5-4-6-10-20/h4-6,9-10,14,18,23H,3,7-8,11-13,15-17H2,1-2H3/t23-/m1/s1. The Morgan fingerprint density at radius 3 is 2.73 bits per heavy atom. The first kappa shape index (κ1) is 21.6. The van der Waals surface area contributed by atoms with Crippen LogP contribution < -0.4 is 4.90 Å². The lowest BCUT2D eigenvalue weighted by molar-refractivity contribution is 0.0722. The van der Waals surface area contributed by atoms with Crippen LogP contribution in [0.15, 0.2) is 42.6 Å². The maximum atomic E-state index is 13.2. The van der Waals surface area contributed by atoms with Crippen LogP contribution in [0.5, 0.6) is 0 Å². The predicted molar refractivity (Wildman–Crippen MR) is 128 cm³/mol. The molecule has 0 radical (unpaired) electrons. The van der Waals surface area contributed by atoms with Gasteiger partial charge >= 0.3 is 0 Å². The number of aromatic nitrogens is 4. The van der Waals surface area contributed by atoms with Crippen LogP contribution in [0.3, 0.4) is 0 Å². The minimum atomic E-state index is -0.0915. The van der Waals surface area contributed by atoms with Gasteiger partial charge in [0.1, 0.15) is 11.5 Å². The Hall–Kier alpha value is -3.22. The molecule has 2 aliphatic heterocycles. The van der Waals surface area contributed by atoms with Crippen molar-refractivity contribution in [2.75, 3.05) is 24.5 Å². The van der Waals surface area contributed by atoms with Gasteiger partial charge in [0.15, 0.2) is 5.82 Å². The number of carbonyl (C=O) groups excluding carboxylic acids is 1. The van der Waals surface area contributed by atoms with Gasteiger partial charge in [0.2, 0.25) is 0 Å². The normalized spacial score (nSPS) is 17.9. The molecule has 1 atom stereocenters. The smallest absolute Gasteiger partial charge is 0.274 e. The Labute approximate surface area is 195 Å². The quantitative estimate of drug-likeness (QED) is 0.575. The Balaban J connectivity index is 1.40. The average Bonchev–Trinajstić information content (AvgIpc) is 3.53. The number of nitrogens with zero attached hydrogens (tertiary/aromatic N) is 6. The first-order valence-electron chi connectivity index (χ1n) is 12.1. The molecule has 7 nitrogen and oxygen atoms in total. The van der Waals surface area contributed by atoms with Crippen LogP contribution in [0.4, 0.5) is 5.82 Å². The van der Waals surface area contributed by atoms with Crippen LogP contribution in [0.1, 0.15) is 65.4 Å². The number of benzene rings is 1. The maximum absolute atomic E-state index is 13.2. The summed E-state index contributed by atoms with van der Waals surface area (Å²) in [6.45, 7) is 7.54. The van der Waals surface area contributed by atoms with E-state index < -0.39 is 0 Å². The molecule has 7 heteroatoms. The number of amides is 1. The van der Waals surface area contributed by atoms with Crippen LogP contribution in [0, 0.1) is 6.92 Å². The summed E-state index contributed by atoms with van der Waals surface area (Å²) in [5.74, 6) is 1.82. The third kappa shape index (κ3) is 4.36. The number of aryl methyl sites for hydroxylation is 2. The first-order valence-corrected chi connectivity index (χ1v) is 12.1. The number of likely N-dealkylation sites (tertiary alicyclic amines) is 1. The second-order valence-corrected chi connectivity index (χ2v) is 9.01. The van der Waals surface area contributed by atoms with Crippen molar-refractivity contribution in [2.24, 2.45) is 0 Å². The van der Waals surface area contributed by atoms with Gasteiger partial charge in [-0.3, -0.25) is 9.48 Å². The van der Waals surface area contributed by atoms with Crippen LogP contribution in [-0.4, -0.2) is 50.2 Å². The lowest BCUT2D eigenvalue weighted by Gasteiger charge is -2.32. The van der Waals surface area contributed by atoms with Crippen molar-refractivity contribution in [3.8, 4) is 0 Å². The SMILES string of the molecule is CCn1ccc(C(=O)N2CCC[C@@H]2c2nc(C)c3c(n2)N(CCc2ccccc2)CCC3)n1. The number of hydrogen-bond acceptors (Lipinski definition) is 5. The summed E-state index contributed by atoms with van der Waals surface area (Å²) in [7, 11) is 0. The minimum Gasteiger partial charge on any atom is -0.356 e. The van der Waals surface area contributed by atoms with Gasteiger partial charge in [-0.25, -0.2) is 9.97 Å². The third-order valence-electron chi connectivity index (χ3n) is 6.87. The molecule has 0 N–H and O–H groups in total. The topological polar surface area (TPSA) is 67.2 Å². The van der Waals surface area contributed by atoms with Crippen LogP contribution in [-0.2, 0) is 19.4 Å². The summed E-state index contributed by atoms with van der Waals surface area (Å²) in [5.41, 5.74) is 4.15. The van der Waals surface area contributed by atoms with Gasteiger partial charge in [-0.15, -0.1) is 0 Å². The molecule has 0 saturated carbocycles. The van der Waals surface area contributed by atoms with Gasteiger partial charge in [0.05, 0.1) is 6.04 Å². The zero-order valence-corrected chi connectivity index (χ0v) is 19.6. The van der Waals surface area contributed by atoms with Crippen LogP contribution in [0.25, 0.3) is 0 Å². The van der Waals surface area contributed by atoms with Gasteiger partial charge in [0.25, 0.3) is 5.91 Å². The minimum absolute atomic E-state index is 0.0235. The molecule has 1 saturated heterocycles. The lowest BCUT2D eigenvalue weighted by atomic mass is 10.0. The zero-order valence-electron chi connectivity index (χ0n) is 19.6. The molecule has 172 valence electrons. The van der Waals surface area contributed by atoms with Gasteiger partial charge in [0, 0.05) is 43.6 Å². The van der Waals surface area contributed by atoms with E-state index >= 15 is 0 Å². The van der Waals surface area contributed by atoms with Crippen molar-refractivity contribution in [1.82, 2.24) is 24.6 Å². The fraction of sp³-hybridized carbons (Fsp3) is 0.462. The Morgan fingerprint density at radius 2 is 1.94 bits per heavy atom. The fourth-order valence-corrected chi connectivity index (χ4v) is 5.06. The van der Waals surface area contributed by atoms with Crippen molar-refractivity contribution < 1.29 is 4.79 Å². The highest BCUT2D eigenvalue weighted by molar-refractivity contribution is 5.92. The second kappa shape index (κ2) is 9.33. The molecule has 2 aliphatic rings. The van der Waals surface area contributed by atoms with E-state index in [1.54, 1.807) is 4.68 Å². The van der Waals surface area contributed by atoms with Gasteiger partial charge in [-0.1, -0.05) is 30.3 Å². The second-order valence-electron chi connectivity index (χ2n) is 9.01.